The van der Waals surface area contributed by atoms with Crippen LogP contribution in [0.3, 0.4) is 0 Å². The summed E-state index contributed by atoms with van der Waals surface area (Å²) >= 11 is 0. The molecule has 2 rings (SSSR count). The van der Waals surface area contributed by atoms with Gasteiger partial charge in [-0.15, -0.1) is 5.10 Å². The van der Waals surface area contributed by atoms with Gasteiger partial charge in [-0.25, -0.2) is 0 Å². The number of hydrogen-bond donors (Lipinski definition) is 2. The van der Waals surface area contributed by atoms with E-state index in [4.69, 9.17) is 0 Å². The Morgan fingerprint density at radius 3 is 2.78 bits per heavy atom. The molecule has 0 atom stereocenters. The van der Waals surface area contributed by atoms with Crippen LogP contribution in [0.15, 0.2) is 12.3 Å². The molecule has 0 unspecified atom stereocenters. The highest BCUT2D eigenvalue weighted by Crippen LogP contribution is 2.33. The fourth-order valence-electron chi connectivity index (χ4n) is 2.61. The summed E-state index contributed by atoms with van der Waals surface area (Å²) in [5.74, 6) is 1.55. The van der Waals surface area contributed by atoms with Crippen molar-refractivity contribution in [1.29, 1.82) is 0 Å². The lowest BCUT2D eigenvalue weighted by atomic mass is 9.78. The van der Waals surface area contributed by atoms with Gasteiger partial charge in [-0.3, -0.25) is 0 Å². The van der Waals surface area contributed by atoms with Gasteiger partial charge in [0.1, 0.15) is 5.82 Å². The fourth-order valence-corrected chi connectivity index (χ4v) is 2.61. The molecule has 100 valence electrons. The summed E-state index contributed by atoms with van der Waals surface area (Å²) in [5.41, 5.74) is 0.506. The first-order valence-corrected chi connectivity index (χ1v) is 6.87. The van der Waals surface area contributed by atoms with E-state index in [-0.39, 0.29) is 0 Å². The zero-order chi connectivity index (χ0) is 13.0. The number of hydrogen-bond acceptors (Lipinski definition) is 4. The lowest BCUT2D eigenvalue weighted by molar-refractivity contribution is 0.00222. The van der Waals surface area contributed by atoms with E-state index in [1.807, 2.05) is 13.0 Å². The van der Waals surface area contributed by atoms with Gasteiger partial charge in [-0.05, 0) is 50.2 Å². The SMILES string of the molecule is CCC1CCC(O)(CNc2cc(C)cnn2)CC1. The van der Waals surface area contributed by atoms with Crippen LogP contribution < -0.4 is 5.32 Å². The monoisotopic (exact) mass is 249 g/mol. The van der Waals surface area contributed by atoms with Gasteiger partial charge in [0.2, 0.25) is 0 Å². The van der Waals surface area contributed by atoms with E-state index in [0.29, 0.717) is 6.54 Å². The van der Waals surface area contributed by atoms with Gasteiger partial charge in [0.15, 0.2) is 0 Å². The molecule has 0 radical (unpaired) electrons. The highest BCUT2D eigenvalue weighted by atomic mass is 16.3. The standard InChI is InChI=1S/C14H23N3O/c1-3-12-4-6-14(18,7-5-12)10-15-13-8-11(2)9-16-17-13/h8-9,12,18H,3-7,10H2,1-2H3,(H,15,17). The molecule has 4 nitrogen and oxygen atoms in total. The predicted molar refractivity (Wildman–Crippen MR) is 72.5 cm³/mol. The number of aliphatic hydroxyl groups is 1. The number of aromatic nitrogens is 2. The first-order chi connectivity index (χ1) is 8.61. The van der Waals surface area contributed by atoms with Crippen LogP contribution in [-0.2, 0) is 0 Å². The molecule has 1 aromatic heterocycles. The molecule has 0 bridgehead atoms. The molecule has 1 aliphatic rings. The molecule has 1 aromatic rings. The highest BCUT2D eigenvalue weighted by Gasteiger charge is 2.32. The second-order valence-electron chi connectivity index (χ2n) is 5.55. The third-order valence-corrected chi connectivity index (χ3v) is 4.00. The van der Waals surface area contributed by atoms with E-state index in [9.17, 15) is 5.11 Å². The van der Waals surface area contributed by atoms with E-state index in [1.165, 1.54) is 6.42 Å². The van der Waals surface area contributed by atoms with E-state index < -0.39 is 5.60 Å². The largest absolute Gasteiger partial charge is 0.388 e. The van der Waals surface area contributed by atoms with Crippen LogP contribution in [-0.4, -0.2) is 27.4 Å². The van der Waals surface area contributed by atoms with Crippen molar-refractivity contribution in [1.82, 2.24) is 10.2 Å². The summed E-state index contributed by atoms with van der Waals surface area (Å²) in [6, 6.07) is 1.95. The van der Waals surface area contributed by atoms with Crippen LogP contribution in [0.4, 0.5) is 5.82 Å². The van der Waals surface area contributed by atoms with Gasteiger partial charge < -0.3 is 10.4 Å². The number of nitrogens with one attached hydrogen (secondary N) is 1. The third-order valence-electron chi connectivity index (χ3n) is 4.00. The van der Waals surface area contributed by atoms with Crippen molar-refractivity contribution in [2.24, 2.45) is 5.92 Å². The summed E-state index contributed by atoms with van der Waals surface area (Å²) in [6.45, 7) is 4.79. The fraction of sp³-hybridized carbons (Fsp3) is 0.714. The van der Waals surface area contributed by atoms with Crippen LogP contribution in [0.2, 0.25) is 0 Å². The Bertz CT molecular complexity index is 386. The molecule has 1 heterocycles. The molecule has 1 saturated carbocycles. The molecule has 0 aromatic carbocycles. The highest BCUT2D eigenvalue weighted by molar-refractivity contribution is 5.35. The first kappa shape index (κ1) is 13.3. The Kier molecular flexibility index (Phi) is 4.17. The number of rotatable bonds is 4. The van der Waals surface area contributed by atoms with E-state index in [2.05, 4.69) is 22.4 Å². The summed E-state index contributed by atoms with van der Waals surface area (Å²) < 4.78 is 0. The first-order valence-electron chi connectivity index (χ1n) is 6.87. The minimum atomic E-state index is -0.572. The molecule has 1 fully saturated rings. The van der Waals surface area contributed by atoms with Crippen molar-refractivity contribution in [2.45, 2.75) is 51.6 Å². The smallest absolute Gasteiger partial charge is 0.149 e. The summed E-state index contributed by atoms with van der Waals surface area (Å²) in [4.78, 5) is 0. The summed E-state index contributed by atoms with van der Waals surface area (Å²) in [5, 5.41) is 21.6. The van der Waals surface area contributed by atoms with E-state index in [1.54, 1.807) is 6.20 Å². The molecule has 0 amide bonds. The Morgan fingerprint density at radius 1 is 1.44 bits per heavy atom. The van der Waals surface area contributed by atoms with Crippen molar-refractivity contribution >= 4 is 5.82 Å². The van der Waals surface area contributed by atoms with Crippen LogP contribution >= 0.6 is 0 Å². The normalized spacial score (nSPS) is 28.1. The maximum atomic E-state index is 10.5. The average Bonchev–Trinajstić information content (AvgIpc) is 2.38. The zero-order valence-electron chi connectivity index (χ0n) is 11.3. The quantitative estimate of drug-likeness (QED) is 0.861. The van der Waals surface area contributed by atoms with Gasteiger partial charge in [-0.2, -0.15) is 5.10 Å². The predicted octanol–water partition coefficient (Wildman–Crippen LogP) is 2.53. The van der Waals surface area contributed by atoms with Crippen molar-refractivity contribution in [3.63, 3.8) is 0 Å². The van der Waals surface area contributed by atoms with Crippen molar-refractivity contribution in [2.75, 3.05) is 11.9 Å². The number of nitrogens with zero attached hydrogens (tertiary/aromatic N) is 2. The minimum absolute atomic E-state index is 0.571. The topological polar surface area (TPSA) is 58.0 Å². The number of aryl methyl sites for hydroxylation is 1. The summed E-state index contributed by atoms with van der Waals surface area (Å²) in [7, 11) is 0. The van der Waals surface area contributed by atoms with Crippen molar-refractivity contribution in [3.8, 4) is 0 Å². The molecule has 2 N–H and O–H groups in total. The molecule has 1 aliphatic carbocycles. The Morgan fingerprint density at radius 2 is 2.17 bits per heavy atom. The molecule has 18 heavy (non-hydrogen) atoms. The minimum Gasteiger partial charge on any atom is -0.388 e. The molecule has 0 aliphatic heterocycles. The molecule has 0 saturated heterocycles. The second kappa shape index (κ2) is 5.65. The number of anilines is 1. The van der Waals surface area contributed by atoms with Gasteiger partial charge in [-0.1, -0.05) is 13.3 Å². The summed E-state index contributed by atoms with van der Waals surface area (Å²) in [6.07, 6.45) is 7.00. The van der Waals surface area contributed by atoms with E-state index >= 15 is 0 Å². The maximum absolute atomic E-state index is 10.5. The van der Waals surface area contributed by atoms with Crippen LogP contribution in [0.5, 0.6) is 0 Å². The van der Waals surface area contributed by atoms with Gasteiger partial charge in [0.05, 0.1) is 11.8 Å². The molecule has 0 spiro atoms. The van der Waals surface area contributed by atoms with Crippen LogP contribution in [0.25, 0.3) is 0 Å². The van der Waals surface area contributed by atoms with Crippen LogP contribution in [0.1, 0.15) is 44.6 Å². The van der Waals surface area contributed by atoms with E-state index in [0.717, 1.165) is 43.0 Å². The van der Waals surface area contributed by atoms with Gasteiger partial charge in [0, 0.05) is 6.54 Å². The average molecular weight is 249 g/mol. The zero-order valence-corrected chi connectivity index (χ0v) is 11.3. The van der Waals surface area contributed by atoms with Gasteiger partial charge in [0.25, 0.3) is 0 Å². The lowest BCUT2D eigenvalue weighted by Crippen LogP contribution is -2.40. The molecular formula is C14H23N3O. The molecular weight excluding hydrogens is 226 g/mol. The lowest BCUT2D eigenvalue weighted by Gasteiger charge is -2.35. The maximum Gasteiger partial charge on any atom is 0.149 e. The van der Waals surface area contributed by atoms with Crippen molar-refractivity contribution in [3.05, 3.63) is 17.8 Å². The Labute approximate surface area is 109 Å². The van der Waals surface area contributed by atoms with Crippen molar-refractivity contribution < 1.29 is 5.11 Å². The van der Waals surface area contributed by atoms with Gasteiger partial charge >= 0.3 is 0 Å². The van der Waals surface area contributed by atoms with Crippen LogP contribution in [0, 0.1) is 12.8 Å². The molecule has 4 heteroatoms. The Hall–Kier alpha value is -1.16. The Balaban J connectivity index is 1.86. The third kappa shape index (κ3) is 3.42. The second-order valence-corrected chi connectivity index (χ2v) is 5.55.